The Labute approximate surface area is 154 Å². The van der Waals surface area contributed by atoms with E-state index in [1.54, 1.807) is 32.4 Å². The van der Waals surface area contributed by atoms with Crippen LogP contribution in [0.2, 0.25) is 0 Å². The Balaban J connectivity index is 1.95. The molecule has 6 nitrogen and oxygen atoms in total. The van der Waals surface area contributed by atoms with Crippen LogP contribution in [0, 0.1) is 11.8 Å². The van der Waals surface area contributed by atoms with E-state index >= 15 is 0 Å². The molecule has 0 aliphatic rings. The third kappa shape index (κ3) is 5.35. The van der Waals surface area contributed by atoms with E-state index in [2.05, 4.69) is 22.5 Å². The van der Waals surface area contributed by atoms with Gasteiger partial charge in [-0.15, -0.1) is 0 Å². The standard InChI is InChI=1S/C20H23N3O3/c1-23(2)19-10-6-5-8-15(19)9-7-11-21-20(24)22-16-12-17(25-3)14-18(13-16)26-4/h5-6,8,10,12-14H,11H2,1-4H3,(H2,21,22,24). The number of rotatable bonds is 5. The highest BCUT2D eigenvalue weighted by Crippen LogP contribution is 2.25. The fourth-order valence-electron chi connectivity index (χ4n) is 2.29. The zero-order chi connectivity index (χ0) is 18.9. The maximum Gasteiger partial charge on any atom is 0.319 e. The highest BCUT2D eigenvalue weighted by molar-refractivity contribution is 5.89. The second-order valence-electron chi connectivity index (χ2n) is 5.62. The molecule has 0 saturated heterocycles. The maximum absolute atomic E-state index is 12.0. The Morgan fingerprint density at radius 2 is 1.73 bits per heavy atom. The van der Waals surface area contributed by atoms with E-state index in [-0.39, 0.29) is 12.6 Å². The van der Waals surface area contributed by atoms with Gasteiger partial charge in [-0.3, -0.25) is 0 Å². The molecular weight excluding hydrogens is 330 g/mol. The van der Waals surface area contributed by atoms with E-state index in [1.807, 2.05) is 43.3 Å². The predicted molar refractivity (Wildman–Crippen MR) is 104 cm³/mol. The number of carbonyl (C=O) groups excluding carboxylic acids is 1. The highest BCUT2D eigenvalue weighted by atomic mass is 16.5. The summed E-state index contributed by atoms with van der Waals surface area (Å²) in [5.41, 5.74) is 2.52. The van der Waals surface area contributed by atoms with Crippen LogP contribution >= 0.6 is 0 Å². The minimum Gasteiger partial charge on any atom is -0.497 e. The van der Waals surface area contributed by atoms with Crippen molar-refractivity contribution in [2.75, 3.05) is 45.1 Å². The topological polar surface area (TPSA) is 62.8 Å². The van der Waals surface area contributed by atoms with Crippen LogP contribution in [-0.2, 0) is 0 Å². The van der Waals surface area contributed by atoms with Gasteiger partial charge in [-0.25, -0.2) is 4.79 Å². The van der Waals surface area contributed by atoms with Gasteiger partial charge in [0.05, 0.1) is 26.5 Å². The molecule has 136 valence electrons. The van der Waals surface area contributed by atoms with Gasteiger partial charge in [0.15, 0.2) is 0 Å². The number of carbonyl (C=O) groups is 1. The van der Waals surface area contributed by atoms with Crippen molar-refractivity contribution in [3.8, 4) is 23.3 Å². The van der Waals surface area contributed by atoms with Gasteiger partial charge in [-0.05, 0) is 12.1 Å². The lowest BCUT2D eigenvalue weighted by atomic mass is 10.1. The third-order valence-corrected chi connectivity index (χ3v) is 3.56. The number of urea groups is 1. The summed E-state index contributed by atoms with van der Waals surface area (Å²) in [4.78, 5) is 14.0. The molecule has 2 amide bonds. The molecule has 0 bridgehead atoms. The Hall–Kier alpha value is -3.33. The average Bonchev–Trinajstić information content (AvgIpc) is 2.65. The number of hydrogen-bond acceptors (Lipinski definition) is 4. The number of methoxy groups -OCH3 is 2. The van der Waals surface area contributed by atoms with E-state index < -0.39 is 0 Å². The van der Waals surface area contributed by atoms with Crippen LogP contribution in [0.4, 0.5) is 16.2 Å². The summed E-state index contributed by atoms with van der Waals surface area (Å²) in [5, 5.41) is 5.44. The third-order valence-electron chi connectivity index (χ3n) is 3.56. The molecule has 0 spiro atoms. The zero-order valence-electron chi connectivity index (χ0n) is 15.4. The minimum absolute atomic E-state index is 0.231. The lowest BCUT2D eigenvalue weighted by Crippen LogP contribution is -2.28. The lowest BCUT2D eigenvalue weighted by molar-refractivity contribution is 0.253. The molecule has 2 rings (SSSR count). The van der Waals surface area contributed by atoms with Crippen molar-refractivity contribution in [1.29, 1.82) is 0 Å². The molecule has 0 radical (unpaired) electrons. The molecule has 2 N–H and O–H groups in total. The maximum atomic E-state index is 12.0. The number of hydrogen-bond donors (Lipinski definition) is 2. The summed E-state index contributed by atoms with van der Waals surface area (Å²) < 4.78 is 10.4. The van der Waals surface area contributed by atoms with Crippen LogP contribution in [0.5, 0.6) is 11.5 Å². The second kappa shape index (κ2) is 9.23. The van der Waals surface area contributed by atoms with Gasteiger partial charge in [-0.1, -0.05) is 24.0 Å². The van der Waals surface area contributed by atoms with Crippen molar-refractivity contribution in [2.45, 2.75) is 0 Å². The molecule has 0 atom stereocenters. The summed E-state index contributed by atoms with van der Waals surface area (Å²) in [7, 11) is 7.04. The smallest absolute Gasteiger partial charge is 0.319 e. The van der Waals surface area contributed by atoms with E-state index in [1.165, 1.54) is 0 Å². The summed E-state index contributed by atoms with van der Waals surface area (Å²) >= 11 is 0. The molecule has 0 aromatic heterocycles. The zero-order valence-corrected chi connectivity index (χ0v) is 15.4. The predicted octanol–water partition coefficient (Wildman–Crippen LogP) is 2.94. The molecule has 0 saturated carbocycles. The van der Waals surface area contributed by atoms with E-state index in [0.717, 1.165) is 11.3 Å². The van der Waals surface area contributed by atoms with Gasteiger partial charge >= 0.3 is 6.03 Å². The van der Waals surface area contributed by atoms with Crippen LogP contribution in [0.1, 0.15) is 5.56 Å². The first-order valence-electron chi connectivity index (χ1n) is 8.06. The Morgan fingerprint density at radius 1 is 1.08 bits per heavy atom. The molecule has 2 aromatic carbocycles. The van der Waals surface area contributed by atoms with Gasteiger partial charge < -0.3 is 25.0 Å². The average molecular weight is 353 g/mol. The largest absolute Gasteiger partial charge is 0.497 e. The molecule has 2 aromatic rings. The monoisotopic (exact) mass is 353 g/mol. The summed E-state index contributed by atoms with van der Waals surface area (Å²) in [5.74, 6) is 7.23. The SMILES string of the molecule is COc1cc(NC(=O)NCC#Cc2ccccc2N(C)C)cc(OC)c1. The molecule has 0 fully saturated rings. The van der Waals surface area contributed by atoms with Gasteiger partial charge in [-0.2, -0.15) is 0 Å². The number of benzene rings is 2. The Kier molecular flexibility index (Phi) is 6.75. The second-order valence-corrected chi connectivity index (χ2v) is 5.62. The van der Waals surface area contributed by atoms with Crippen molar-refractivity contribution in [1.82, 2.24) is 5.32 Å². The fourth-order valence-corrected chi connectivity index (χ4v) is 2.29. The van der Waals surface area contributed by atoms with E-state index in [9.17, 15) is 4.79 Å². The van der Waals surface area contributed by atoms with Crippen LogP contribution in [-0.4, -0.2) is 40.9 Å². The van der Waals surface area contributed by atoms with Crippen LogP contribution in [0.3, 0.4) is 0 Å². The quantitative estimate of drug-likeness (QED) is 0.812. The summed E-state index contributed by atoms with van der Waals surface area (Å²) in [6, 6.07) is 12.7. The van der Waals surface area contributed by atoms with Crippen LogP contribution in [0.25, 0.3) is 0 Å². The first-order valence-corrected chi connectivity index (χ1v) is 8.06. The number of ether oxygens (including phenoxy) is 2. The summed E-state index contributed by atoms with van der Waals surface area (Å²) in [6.07, 6.45) is 0. The number of anilines is 2. The lowest BCUT2D eigenvalue weighted by Gasteiger charge is -2.13. The highest BCUT2D eigenvalue weighted by Gasteiger charge is 2.05. The number of nitrogens with zero attached hydrogens (tertiary/aromatic N) is 1. The van der Waals surface area contributed by atoms with E-state index in [0.29, 0.717) is 17.2 Å². The first kappa shape index (κ1) is 19.0. The Bertz CT molecular complexity index is 800. The van der Waals surface area contributed by atoms with Crippen molar-refractivity contribution >= 4 is 17.4 Å². The molecular formula is C20H23N3O3. The van der Waals surface area contributed by atoms with Gasteiger partial charge in [0.1, 0.15) is 11.5 Å². The van der Waals surface area contributed by atoms with Gasteiger partial charge in [0.25, 0.3) is 0 Å². The number of amides is 2. The Morgan fingerprint density at radius 3 is 2.35 bits per heavy atom. The van der Waals surface area contributed by atoms with Crippen molar-refractivity contribution in [2.24, 2.45) is 0 Å². The van der Waals surface area contributed by atoms with Gasteiger partial charge in [0, 0.05) is 43.5 Å². The molecule has 6 heteroatoms. The first-order chi connectivity index (χ1) is 12.5. The van der Waals surface area contributed by atoms with Crippen molar-refractivity contribution in [3.05, 3.63) is 48.0 Å². The molecule has 0 aliphatic carbocycles. The van der Waals surface area contributed by atoms with Crippen molar-refractivity contribution < 1.29 is 14.3 Å². The fraction of sp³-hybridized carbons (Fsp3) is 0.250. The summed E-state index contributed by atoms with van der Waals surface area (Å²) in [6.45, 7) is 0.231. The van der Waals surface area contributed by atoms with Crippen LogP contribution in [0.15, 0.2) is 42.5 Å². The molecule has 0 heterocycles. The van der Waals surface area contributed by atoms with Crippen molar-refractivity contribution in [3.63, 3.8) is 0 Å². The number of para-hydroxylation sites is 1. The molecule has 0 unspecified atom stereocenters. The van der Waals surface area contributed by atoms with Gasteiger partial charge in [0.2, 0.25) is 0 Å². The normalized spacial score (nSPS) is 9.54. The molecule has 0 aliphatic heterocycles. The van der Waals surface area contributed by atoms with Crippen LogP contribution < -0.4 is 25.0 Å². The minimum atomic E-state index is -0.351. The molecule has 26 heavy (non-hydrogen) atoms. The van der Waals surface area contributed by atoms with E-state index in [4.69, 9.17) is 9.47 Å². The number of nitrogens with one attached hydrogen (secondary N) is 2.